The van der Waals surface area contributed by atoms with Gasteiger partial charge < -0.3 is 5.32 Å². The molecule has 29 heavy (non-hydrogen) atoms. The second kappa shape index (κ2) is 7.47. The molecule has 0 saturated heterocycles. The Hall–Kier alpha value is -2.37. The molecule has 2 aliphatic carbocycles. The molecule has 6 heteroatoms. The molecule has 2 aromatic heterocycles. The number of nitrogens with zero attached hydrogens (tertiary/aromatic N) is 2. The Balaban J connectivity index is 1.62. The third-order valence-corrected chi connectivity index (χ3v) is 6.63. The topological polar surface area (TPSA) is 37.8 Å². The van der Waals surface area contributed by atoms with E-state index in [1.807, 2.05) is 12.1 Å². The Morgan fingerprint density at radius 1 is 1.21 bits per heavy atom. The van der Waals surface area contributed by atoms with Crippen molar-refractivity contribution in [2.24, 2.45) is 23.7 Å². The van der Waals surface area contributed by atoms with E-state index in [4.69, 9.17) is 0 Å². The lowest BCUT2D eigenvalue weighted by atomic mass is 9.71. The molecule has 5 unspecified atom stereocenters. The highest BCUT2D eigenvalue weighted by molar-refractivity contribution is 5.47. The fourth-order valence-corrected chi connectivity index (χ4v) is 5.36. The van der Waals surface area contributed by atoms with Crippen molar-refractivity contribution in [2.75, 3.05) is 5.32 Å². The first-order valence-electron chi connectivity index (χ1n) is 10.2. The van der Waals surface area contributed by atoms with E-state index in [1.54, 1.807) is 12.3 Å². The fraction of sp³-hybridized carbons (Fsp3) is 0.478. The van der Waals surface area contributed by atoms with Gasteiger partial charge in [0.2, 0.25) is 0 Å². The summed E-state index contributed by atoms with van der Waals surface area (Å²) in [4.78, 5) is 8.44. The SMILES string of the molecule is C=C(Nc1ccc(CC)nc1)C1C2CC(CC2C)C1c1cccc(C(F)(F)F)n1. The van der Waals surface area contributed by atoms with Gasteiger partial charge in [-0.15, -0.1) is 0 Å². The van der Waals surface area contributed by atoms with Crippen LogP contribution in [0.15, 0.2) is 48.8 Å². The van der Waals surface area contributed by atoms with Gasteiger partial charge in [0, 0.05) is 28.9 Å². The first-order valence-corrected chi connectivity index (χ1v) is 10.2. The summed E-state index contributed by atoms with van der Waals surface area (Å²) in [5.41, 5.74) is 2.44. The van der Waals surface area contributed by atoms with E-state index in [0.29, 0.717) is 23.4 Å². The van der Waals surface area contributed by atoms with Crippen LogP contribution in [0.4, 0.5) is 18.9 Å². The number of aryl methyl sites for hydroxylation is 1. The van der Waals surface area contributed by atoms with Crippen LogP contribution in [-0.4, -0.2) is 9.97 Å². The molecule has 4 rings (SSSR count). The molecule has 2 aliphatic rings. The van der Waals surface area contributed by atoms with Gasteiger partial charge in [-0.25, -0.2) is 4.98 Å². The summed E-state index contributed by atoms with van der Waals surface area (Å²) in [6.45, 7) is 8.57. The average Bonchev–Trinajstić information content (AvgIpc) is 3.25. The van der Waals surface area contributed by atoms with Crippen molar-refractivity contribution >= 4 is 5.69 Å². The summed E-state index contributed by atoms with van der Waals surface area (Å²) in [6.07, 6.45) is 0.275. The Labute approximate surface area is 169 Å². The van der Waals surface area contributed by atoms with Gasteiger partial charge in [0.25, 0.3) is 0 Å². The van der Waals surface area contributed by atoms with Crippen molar-refractivity contribution in [3.05, 3.63) is 65.9 Å². The lowest BCUT2D eigenvalue weighted by molar-refractivity contribution is -0.141. The minimum Gasteiger partial charge on any atom is -0.358 e. The molecule has 154 valence electrons. The summed E-state index contributed by atoms with van der Waals surface area (Å²) >= 11 is 0. The summed E-state index contributed by atoms with van der Waals surface area (Å²) in [7, 11) is 0. The molecule has 2 aromatic rings. The van der Waals surface area contributed by atoms with Crippen molar-refractivity contribution in [2.45, 2.75) is 45.2 Å². The van der Waals surface area contributed by atoms with Crippen molar-refractivity contribution < 1.29 is 13.2 Å². The lowest BCUT2D eigenvalue weighted by Gasteiger charge is -2.36. The van der Waals surface area contributed by atoms with Crippen LogP contribution in [-0.2, 0) is 12.6 Å². The van der Waals surface area contributed by atoms with Gasteiger partial charge in [-0.2, -0.15) is 13.2 Å². The largest absolute Gasteiger partial charge is 0.433 e. The normalized spacial score (nSPS) is 28.5. The molecule has 2 saturated carbocycles. The first-order chi connectivity index (χ1) is 13.8. The second-order valence-corrected chi connectivity index (χ2v) is 8.41. The Bertz CT molecular complexity index is 891. The predicted octanol–water partition coefficient (Wildman–Crippen LogP) is 6.06. The highest BCUT2D eigenvalue weighted by Crippen LogP contribution is 2.60. The maximum absolute atomic E-state index is 13.2. The van der Waals surface area contributed by atoms with Crippen molar-refractivity contribution in [1.29, 1.82) is 0 Å². The van der Waals surface area contributed by atoms with E-state index in [1.165, 1.54) is 6.07 Å². The van der Waals surface area contributed by atoms with Crippen LogP contribution in [0.25, 0.3) is 0 Å². The van der Waals surface area contributed by atoms with Crippen molar-refractivity contribution in [3.63, 3.8) is 0 Å². The van der Waals surface area contributed by atoms with E-state index in [-0.39, 0.29) is 11.8 Å². The van der Waals surface area contributed by atoms with E-state index in [2.05, 4.69) is 35.7 Å². The first kappa shape index (κ1) is 19.9. The van der Waals surface area contributed by atoms with Crippen molar-refractivity contribution in [3.8, 4) is 0 Å². The summed E-state index contributed by atoms with van der Waals surface area (Å²) in [5, 5.41) is 3.38. The molecule has 2 fully saturated rings. The number of aromatic nitrogens is 2. The number of nitrogens with one attached hydrogen (secondary N) is 1. The number of fused-ring (bicyclic) bond motifs is 2. The molecule has 0 spiro atoms. The molecule has 0 amide bonds. The van der Waals surface area contributed by atoms with Crippen LogP contribution in [0.3, 0.4) is 0 Å². The molecule has 0 aromatic carbocycles. The van der Waals surface area contributed by atoms with Crippen LogP contribution >= 0.6 is 0 Å². The molecule has 0 aliphatic heterocycles. The van der Waals surface area contributed by atoms with E-state index in [9.17, 15) is 13.2 Å². The Morgan fingerprint density at radius 3 is 2.66 bits per heavy atom. The van der Waals surface area contributed by atoms with Crippen LogP contribution in [0.5, 0.6) is 0 Å². The van der Waals surface area contributed by atoms with Gasteiger partial charge >= 0.3 is 6.18 Å². The summed E-state index contributed by atoms with van der Waals surface area (Å²) in [6, 6.07) is 8.21. The predicted molar refractivity (Wildman–Crippen MR) is 107 cm³/mol. The molecule has 2 heterocycles. The van der Waals surface area contributed by atoms with Gasteiger partial charge in [-0.05, 0) is 61.3 Å². The number of hydrogen-bond donors (Lipinski definition) is 1. The molecule has 3 nitrogen and oxygen atoms in total. The van der Waals surface area contributed by atoms with Crippen LogP contribution < -0.4 is 5.32 Å². The number of halogens is 3. The van der Waals surface area contributed by atoms with Gasteiger partial charge in [0.15, 0.2) is 0 Å². The number of anilines is 1. The van der Waals surface area contributed by atoms with E-state index < -0.39 is 11.9 Å². The number of pyridine rings is 2. The zero-order valence-corrected chi connectivity index (χ0v) is 16.7. The molecular formula is C23H26F3N3. The fourth-order valence-electron chi connectivity index (χ4n) is 5.36. The third kappa shape index (κ3) is 3.77. The van der Waals surface area contributed by atoms with Gasteiger partial charge in [0.05, 0.1) is 11.9 Å². The second-order valence-electron chi connectivity index (χ2n) is 8.41. The van der Waals surface area contributed by atoms with E-state index in [0.717, 1.165) is 42.4 Å². The summed E-state index contributed by atoms with van der Waals surface area (Å²) < 4.78 is 39.6. The van der Waals surface area contributed by atoms with E-state index >= 15 is 0 Å². The smallest absolute Gasteiger partial charge is 0.358 e. The maximum atomic E-state index is 13.2. The minimum atomic E-state index is -4.43. The van der Waals surface area contributed by atoms with Crippen LogP contribution in [0.1, 0.15) is 49.7 Å². The summed E-state index contributed by atoms with van der Waals surface area (Å²) in [5.74, 6) is 1.30. The Kier molecular flexibility index (Phi) is 5.13. The standard InChI is InChI=1S/C23H26F3N3/c1-4-16-8-9-17(12-27-16)28-14(3)21-18-11-15(10-13(18)2)22(21)19-6-5-7-20(29-19)23(24,25)26/h5-9,12-13,15,18,21-22,28H,3-4,10-11H2,1-2H3. The van der Waals surface area contributed by atoms with Crippen LogP contribution in [0.2, 0.25) is 0 Å². The monoisotopic (exact) mass is 401 g/mol. The molecule has 5 atom stereocenters. The zero-order valence-electron chi connectivity index (χ0n) is 16.7. The van der Waals surface area contributed by atoms with Crippen molar-refractivity contribution in [1.82, 2.24) is 9.97 Å². The van der Waals surface area contributed by atoms with Gasteiger partial charge in [0.1, 0.15) is 5.69 Å². The molecule has 1 N–H and O–H groups in total. The third-order valence-electron chi connectivity index (χ3n) is 6.63. The van der Waals surface area contributed by atoms with Gasteiger partial charge in [-0.1, -0.05) is 26.5 Å². The highest BCUT2D eigenvalue weighted by Gasteiger charge is 2.53. The number of allylic oxidation sites excluding steroid dienone is 1. The van der Waals surface area contributed by atoms with Gasteiger partial charge in [-0.3, -0.25) is 4.98 Å². The highest BCUT2D eigenvalue weighted by atomic mass is 19.4. The molecule has 0 radical (unpaired) electrons. The maximum Gasteiger partial charge on any atom is 0.433 e. The number of hydrogen-bond acceptors (Lipinski definition) is 3. The number of alkyl halides is 3. The average molecular weight is 401 g/mol. The molecular weight excluding hydrogens is 375 g/mol. The number of rotatable bonds is 5. The molecule has 2 bridgehead atoms. The lowest BCUT2D eigenvalue weighted by Crippen LogP contribution is -2.30. The zero-order chi connectivity index (χ0) is 20.8. The Morgan fingerprint density at radius 2 is 2.00 bits per heavy atom. The quantitative estimate of drug-likeness (QED) is 0.662. The minimum absolute atomic E-state index is 0.0404. The van der Waals surface area contributed by atoms with Crippen LogP contribution in [0, 0.1) is 23.7 Å².